The molecule has 1 heterocycles. The molecule has 2 aliphatic rings. The Morgan fingerprint density at radius 1 is 1.25 bits per heavy atom. The molecule has 1 atom stereocenters. The van der Waals surface area contributed by atoms with Crippen molar-refractivity contribution in [3.8, 4) is 0 Å². The molecule has 1 saturated carbocycles. The lowest BCUT2D eigenvalue weighted by molar-refractivity contribution is -0.153. The lowest BCUT2D eigenvalue weighted by Crippen LogP contribution is -2.48. The van der Waals surface area contributed by atoms with Crippen molar-refractivity contribution in [2.45, 2.75) is 49.6 Å². The Hall–Kier alpha value is -2.55. The first-order chi connectivity index (χ1) is 13.4. The SMILES string of the molecule is C[C@H](OC(=O)CN1C(=O)CSc2ccccc21)C(=O)NC(=O)NC1CCCC1. The van der Waals surface area contributed by atoms with Crippen LogP contribution in [0.5, 0.6) is 0 Å². The van der Waals surface area contributed by atoms with E-state index in [1.54, 1.807) is 12.1 Å². The van der Waals surface area contributed by atoms with Crippen LogP contribution in [0.2, 0.25) is 0 Å². The monoisotopic (exact) mass is 405 g/mol. The Balaban J connectivity index is 1.50. The van der Waals surface area contributed by atoms with Crippen LogP contribution in [0.4, 0.5) is 10.5 Å². The standard InChI is InChI=1S/C19H23N3O5S/c1-12(18(25)21-19(26)20-13-6-2-3-7-13)27-17(24)10-22-14-8-4-5-9-15(14)28-11-16(22)23/h4-5,8-9,12-13H,2-3,6-7,10-11H2,1H3,(H2,20,21,25,26)/t12-/m0/s1. The van der Waals surface area contributed by atoms with Crippen LogP contribution in [0.1, 0.15) is 32.6 Å². The Bertz CT molecular complexity index is 779. The first-order valence-corrected chi connectivity index (χ1v) is 10.3. The first kappa shape index (κ1) is 20.2. The van der Waals surface area contributed by atoms with Gasteiger partial charge in [-0.25, -0.2) is 4.79 Å². The highest BCUT2D eigenvalue weighted by atomic mass is 32.2. The van der Waals surface area contributed by atoms with Gasteiger partial charge in [-0.1, -0.05) is 25.0 Å². The van der Waals surface area contributed by atoms with E-state index >= 15 is 0 Å². The number of carbonyl (C=O) groups is 4. The largest absolute Gasteiger partial charge is 0.451 e. The van der Waals surface area contributed by atoms with Gasteiger partial charge in [0.1, 0.15) is 6.54 Å². The molecular formula is C19H23N3O5S. The number of urea groups is 1. The zero-order valence-electron chi connectivity index (χ0n) is 15.6. The van der Waals surface area contributed by atoms with Gasteiger partial charge in [-0.15, -0.1) is 11.8 Å². The number of hydrogen-bond donors (Lipinski definition) is 2. The van der Waals surface area contributed by atoms with E-state index in [4.69, 9.17) is 4.74 Å². The summed E-state index contributed by atoms with van der Waals surface area (Å²) in [4.78, 5) is 50.6. The van der Waals surface area contributed by atoms with Gasteiger partial charge in [0.25, 0.3) is 5.91 Å². The first-order valence-electron chi connectivity index (χ1n) is 9.27. The molecule has 1 aliphatic heterocycles. The minimum absolute atomic E-state index is 0.0775. The molecule has 1 aromatic carbocycles. The molecule has 0 unspecified atom stereocenters. The molecule has 8 nitrogen and oxygen atoms in total. The smallest absolute Gasteiger partial charge is 0.326 e. The average molecular weight is 405 g/mol. The van der Waals surface area contributed by atoms with Crippen molar-refractivity contribution in [3.63, 3.8) is 0 Å². The second-order valence-electron chi connectivity index (χ2n) is 6.81. The fourth-order valence-corrected chi connectivity index (χ4v) is 4.19. The van der Waals surface area contributed by atoms with Crippen molar-refractivity contribution in [2.24, 2.45) is 0 Å². The second-order valence-corrected chi connectivity index (χ2v) is 7.83. The van der Waals surface area contributed by atoms with Crippen LogP contribution in [-0.4, -0.2) is 48.3 Å². The quantitative estimate of drug-likeness (QED) is 0.724. The number of thioether (sulfide) groups is 1. The number of fused-ring (bicyclic) bond motifs is 1. The van der Waals surface area contributed by atoms with E-state index in [2.05, 4.69) is 10.6 Å². The summed E-state index contributed by atoms with van der Waals surface area (Å²) in [5.74, 6) is -1.38. The third-order valence-electron chi connectivity index (χ3n) is 4.70. The Morgan fingerprint density at radius 2 is 1.96 bits per heavy atom. The van der Waals surface area contributed by atoms with Gasteiger partial charge in [-0.05, 0) is 31.9 Å². The zero-order valence-corrected chi connectivity index (χ0v) is 16.4. The van der Waals surface area contributed by atoms with Gasteiger partial charge >= 0.3 is 12.0 Å². The maximum atomic E-state index is 12.2. The molecule has 0 spiro atoms. The van der Waals surface area contributed by atoms with Crippen molar-refractivity contribution in [3.05, 3.63) is 24.3 Å². The normalized spacial score (nSPS) is 17.6. The van der Waals surface area contributed by atoms with E-state index in [1.807, 2.05) is 12.1 Å². The van der Waals surface area contributed by atoms with Crippen molar-refractivity contribution >= 4 is 41.3 Å². The van der Waals surface area contributed by atoms with Crippen molar-refractivity contribution < 1.29 is 23.9 Å². The number of carbonyl (C=O) groups excluding carboxylic acids is 4. The highest BCUT2D eigenvalue weighted by molar-refractivity contribution is 8.00. The number of para-hydroxylation sites is 1. The molecule has 2 N–H and O–H groups in total. The van der Waals surface area contributed by atoms with Gasteiger partial charge in [0, 0.05) is 10.9 Å². The minimum atomic E-state index is -1.15. The molecule has 9 heteroatoms. The maximum Gasteiger partial charge on any atom is 0.326 e. The number of hydrogen-bond acceptors (Lipinski definition) is 6. The predicted molar refractivity (Wildman–Crippen MR) is 104 cm³/mol. The van der Waals surface area contributed by atoms with Gasteiger partial charge in [0.2, 0.25) is 5.91 Å². The molecule has 4 amide bonds. The highest BCUT2D eigenvalue weighted by Gasteiger charge is 2.28. The number of anilines is 1. The summed E-state index contributed by atoms with van der Waals surface area (Å²) in [5, 5.41) is 4.92. The molecule has 0 bridgehead atoms. The lowest BCUT2D eigenvalue weighted by atomic mass is 10.2. The molecule has 0 aromatic heterocycles. The fraction of sp³-hybridized carbons (Fsp3) is 0.474. The van der Waals surface area contributed by atoms with E-state index in [0.29, 0.717) is 5.69 Å². The summed E-state index contributed by atoms with van der Waals surface area (Å²) in [6.07, 6.45) is 2.77. The summed E-state index contributed by atoms with van der Waals surface area (Å²) in [6.45, 7) is 1.10. The van der Waals surface area contributed by atoms with Crippen molar-refractivity contribution in [2.75, 3.05) is 17.2 Å². The van der Waals surface area contributed by atoms with Gasteiger partial charge < -0.3 is 10.1 Å². The lowest BCUT2D eigenvalue weighted by Gasteiger charge is -2.28. The number of amides is 4. The van der Waals surface area contributed by atoms with E-state index in [-0.39, 0.29) is 24.2 Å². The third-order valence-corrected chi connectivity index (χ3v) is 5.75. The maximum absolute atomic E-state index is 12.2. The van der Waals surface area contributed by atoms with E-state index in [1.165, 1.54) is 23.6 Å². The van der Waals surface area contributed by atoms with Crippen LogP contribution in [0, 0.1) is 0 Å². The molecule has 0 radical (unpaired) electrons. The van der Waals surface area contributed by atoms with Crippen molar-refractivity contribution in [1.29, 1.82) is 0 Å². The number of ether oxygens (including phenoxy) is 1. The van der Waals surface area contributed by atoms with Crippen LogP contribution >= 0.6 is 11.8 Å². The van der Waals surface area contributed by atoms with Crippen LogP contribution in [0.15, 0.2) is 29.2 Å². The fourth-order valence-electron chi connectivity index (χ4n) is 3.25. The minimum Gasteiger partial charge on any atom is -0.451 e. The molecular weight excluding hydrogens is 382 g/mol. The van der Waals surface area contributed by atoms with Gasteiger partial charge in [-0.3, -0.25) is 24.6 Å². The van der Waals surface area contributed by atoms with Crippen molar-refractivity contribution in [1.82, 2.24) is 10.6 Å². The Labute approximate surface area is 167 Å². The third kappa shape index (κ3) is 5.03. The zero-order chi connectivity index (χ0) is 20.1. The van der Waals surface area contributed by atoms with Crippen LogP contribution in [0.3, 0.4) is 0 Å². The summed E-state index contributed by atoms with van der Waals surface area (Å²) in [5.41, 5.74) is 0.647. The van der Waals surface area contributed by atoms with E-state index < -0.39 is 24.0 Å². The molecule has 3 rings (SSSR count). The second kappa shape index (κ2) is 9.09. The van der Waals surface area contributed by atoms with E-state index in [0.717, 1.165) is 30.6 Å². The summed E-state index contributed by atoms with van der Waals surface area (Å²) >= 11 is 1.41. The number of rotatable bonds is 5. The molecule has 1 aliphatic carbocycles. The predicted octanol–water partition coefficient (Wildman–Crippen LogP) is 1.83. The van der Waals surface area contributed by atoms with Gasteiger partial charge in [-0.2, -0.15) is 0 Å². The summed E-state index contributed by atoms with van der Waals surface area (Å²) < 4.78 is 5.12. The number of nitrogens with zero attached hydrogens (tertiary/aromatic N) is 1. The van der Waals surface area contributed by atoms with E-state index in [9.17, 15) is 19.2 Å². The molecule has 1 aromatic rings. The van der Waals surface area contributed by atoms with Crippen LogP contribution in [0.25, 0.3) is 0 Å². The molecule has 150 valence electrons. The number of esters is 1. The Morgan fingerprint density at radius 3 is 2.71 bits per heavy atom. The van der Waals surface area contributed by atoms with Gasteiger partial charge in [0.15, 0.2) is 6.10 Å². The summed E-state index contributed by atoms with van der Waals surface area (Å²) in [7, 11) is 0. The Kier molecular flexibility index (Phi) is 6.56. The average Bonchev–Trinajstić information content (AvgIpc) is 3.16. The van der Waals surface area contributed by atoms with Crippen LogP contribution < -0.4 is 15.5 Å². The highest BCUT2D eigenvalue weighted by Crippen LogP contribution is 2.34. The number of imide groups is 1. The number of nitrogens with one attached hydrogen (secondary N) is 2. The van der Waals surface area contributed by atoms with Crippen LogP contribution in [-0.2, 0) is 19.1 Å². The molecule has 28 heavy (non-hydrogen) atoms. The molecule has 1 fully saturated rings. The summed E-state index contributed by atoms with van der Waals surface area (Å²) in [6, 6.07) is 6.78. The van der Waals surface area contributed by atoms with Gasteiger partial charge in [0.05, 0.1) is 11.4 Å². The molecule has 0 saturated heterocycles. The topological polar surface area (TPSA) is 105 Å². The number of benzene rings is 1.